The zero-order chi connectivity index (χ0) is 19.6. The summed E-state index contributed by atoms with van der Waals surface area (Å²) in [6.45, 7) is 0. The van der Waals surface area contributed by atoms with E-state index in [2.05, 4.69) is 32.8 Å². The quantitative estimate of drug-likeness (QED) is 0.605. The molecule has 0 amide bonds. The standard InChI is InChI=1S/C19H12BrF2NO3S/c1-26-18-8-7-13(20)9-19(18)27(24,25)23-17-10-14(15(21)11-16(17)22)12-5-3-2-4-6-12/h3,5-11,23H,1H3. The third kappa shape index (κ3) is 4.04. The Morgan fingerprint density at radius 3 is 2.52 bits per heavy atom. The summed E-state index contributed by atoms with van der Waals surface area (Å²) in [4.78, 5) is -0.188. The highest BCUT2D eigenvalue weighted by atomic mass is 79.9. The van der Waals surface area contributed by atoms with E-state index in [4.69, 9.17) is 4.74 Å². The Kier molecular flexibility index (Phi) is 5.35. The van der Waals surface area contributed by atoms with E-state index < -0.39 is 21.7 Å². The van der Waals surface area contributed by atoms with Gasteiger partial charge in [0.2, 0.25) is 0 Å². The molecule has 138 valence electrons. The minimum atomic E-state index is -4.19. The maximum absolute atomic E-state index is 14.2. The van der Waals surface area contributed by atoms with Gasteiger partial charge in [-0.1, -0.05) is 28.1 Å². The van der Waals surface area contributed by atoms with Gasteiger partial charge in [0.25, 0.3) is 10.0 Å². The lowest BCUT2D eigenvalue weighted by atomic mass is 10.1. The molecule has 0 aromatic heterocycles. The number of halogens is 3. The van der Waals surface area contributed by atoms with Crippen LogP contribution in [0, 0.1) is 23.8 Å². The van der Waals surface area contributed by atoms with Gasteiger partial charge in [-0.3, -0.25) is 4.72 Å². The number of hydrogen-bond acceptors (Lipinski definition) is 3. The second-order valence-electron chi connectivity index (χ2n) is 5.43. The molecule has 0 spiro atoms. The molecular weight excluding hydrogens is 440 g/mol. The van der Waals surface area contributed by atoms with E-state index in [-0.39, 0.29) is 21.9 Å². The summed E-state index contributed by atoms with van der Waals surface area (Å²) < 4.78 is 61.6. The van der Waals surface area contributed by atoms with Gasteiger partial charge in [-0.25, -0.2) is 17.2 Å². The number of rotatable bonds is 5. The molecule has 0 aliphatic carbocycles. The number of hydrogen-bond donors (Lipinski definition) is 1. The highest BCUT2D eigenvalue weighted by molar-refractivity contribution is 9.10. The predicted octanol–water partition coefficient (Wildman–Crippen LogP) is 4.80. The Morgan fingerprint density at radius 2 is 1.85 bits per heavy atom. The van der Waals surface area contributed by atoms with E-state index in [0.717, 1.165) is 6.07 Å². The zero-order valence-corrected chi connectivity index (χ0v) is 16.3. The summed E-state index contributed by atoms with van der Waals surface area (Å²) in [5.41, 5.74) is 0.0496. The Balaban J connectivity index is 2.06. The van der Waals surface area contributed by atoms with E-state index >= 15 is 0 Å². The molecule has 0 bridgehead atoms. The third-order valence-electron chi connectivity index (χ3n) is 3.68. The van der Waals surface area contributed by atoms with E-state index in [9.17, 15) is 17.2 Å². The molecule has 27 heavy (non-hydrogen) atoms. The molecule has 8 heteroatoms. The molecule has 0 heterocycles. The van der Waals surface area contributed by atoms with Crippen LogP contribution in [0.3, 0.4) is 0 Å². The average molecular weight is 452 g/mol. The fraction of sp³-hybridized carbons (Fsp3) is 0.0526. The van der Waals surface area contributed by atoms with Crippen molar-refractivity contribution in [3.8, 4) is 16.9 Å². The van der Waals surface area contributed by atoms with E-state index in [1.807, 2.05) is 0 Å². The minimum absolute atomic E-state index is 0.0283. The van der Waals surface area contributed by atoms with Gasteiger partial charge in [-0.05, 0) is 48.0 Å². The number of nitrogens with one attached hydrogen (secondary N) is 1. The van der Waals surface area contributed by atoms with Gasteiger partial charge in [0, 0.05) is 16.1 Å². The van der Waals surface area contributed by atoms with Crippen LogP contribution in [0.4, 0.5) is 14.5 Å². The highest BCUT2D eigenvalue weighted by Gasteiger charge is 2.23. The molecular formula is C19H12BrF2NO3S. The number of ether oxygens (including phenoxy) is 1. The first-order chi connectivity index (χ1) is 12.8. The fourth-order valence-electron chi connectivity index (χ4n) is 2.42. The van der Waals surface area contributed by atoms with Crippen molar-refractivity contribution in [2.24, 2.45) is 0 Å². The van der Waals surface area contributed by atoms with Crippen LogP contribution in [0.25, 0.3) is 11.1 Å². The van der Waals surface area contributed by atoms with Gasteiger partial charge in [-0.2, -0.15) is 0 Å². The summed E-state index contributed by atoms with van der Waals surface area (Å²) in [5.74, 6) is -1.78. The van der Waals surface area contributed by atoms with Crippen molar-refractivity contribution >= 4 is 31.6 Å². The van der Waals surface area contributed by atoms with Crippen LogP contribution in [0.15, 0.2) is 57.9 Å². The summed E-state index contributed by atoms with van der Waals surface area (Å²) in [7, 11) is -2.87. The average Bonchev–Trinajstić information content (AvgIpc) is 2.64. The van der Waals surface area contributed by atoms with Crippen LogP contribution < -0.4 is 9.46 Å². The van der Waals surface area contributed by atoms with Gasteiger partial charge < -0.3 is 4.74 Å². The maximum Gasteiger partial charge on any atom is 0.265 e. The fourth-order valence-corrected chi connectivity index (χ4v) is 4.19. The molecule has 3 rings (SSSR count). The largest absolute Gasteiger partial charge is 0.495 e. The van der Waals surface area contributed by atoms with Crippen LogP contribution in [-0.4, -0.2) is 15.5 Å². The molecule has 0 fully saturated rings. The third-order valence-corrected chi connectivity index (χ3v) is 5.56. The molecule has 0 saturated heterocycles. The Labute approximate surface area is 164 Å². The second-order valence-corrected chi connectivity index (χ2v) is 8.00. The monoisotopic (exact) mass is 451 g/mol. The first-order valence-corrected chi connectivity index (χ1v) is 9.83. The number of methoxy groups -OCH3 is 1. The highest BCUT2D eigenvalue weighted by Crippen LogP contribution is 2.32. The topological polar surface area (TPSA) is 55.4 Å². The van der Waals surface area contributed by atoms with Gasteiger partial charge in [0.05, 0.1) is 12.8 Å². The van der Waals surface area contributed by atoms with E-state index in [1.54, 1.807) is 12.1 Å². The van der Waals surface area contributed by atoms with E-state index in [1.165, 1.54) is 31.4 Å². The van der Waals surface area contributed by atoms with Crippen molar-refractivity contribution in [1.82, 2.24) is 0 Å². The van der Waals surface area contributed by atoms with Crippen molar-refractivity contribution in [3.63, 3.8) is 0 Å². The molecule has 3 aromatic rings. The Morgan fingerprint density at radius 1 is 1.07 bits per heavy atom. The van der Waals surface area contributed by atoms with Crippen LogP contribution in [0.2, 0.25) is 0 Å². The lowest BCUT2D eigenvalue weighted by molar-refractivity contribution is 0.402. The molecule has 0 saturated carbocycles. The smallest absolute Gasteiger partial charge is 0.265 e. The van der Waals surface area contributed by atoms with Crippen molar-refractivity contribution in [3.05, 3.63) is 76.8 Å². The van der Waals surface area contributed by atoms with E-state index in [0.29, 0.717) is 16.1 Å². The lowest BCUT2D eigenvalue weighted by Gasteiger charge is -2.14. The minimum Gasteiger partial charge on any atom is -0.495 e. The summed E-state index contributed by atoms with van der Waals surface area (Å²) >= 11 is 3.19. The molecule has 0 atom stereocenters. The molecule has 0 aliphatic rings. The molecule has 1 N–H and O–H groups in total. The van der Waals surface area contributed by atoms with Crippen LogP contribution in [-0.2, 0) is 10.0 Å². The van der Waals surface area contributed by atoms with Gasteiger partial charge in [0.15, 0.2) is 0 Å². The molecule has 0 unspecified atom stereocenters. The van der Waals surface area contributed by atoms with Crippen molar-refractivity contribution < 1.29 is 21.9 Å². The predicted molar refractivity (Wildman–Crippen MR) is 101 cm³/mol. The molecule has 4 nitrogen and oxygen atoms in total. The van der Waals surface area contributed by atoms with Crippen LogP contribution in [0.5, 0.6) is 5.75 Å². The van der Waals surface area contributed by atoms with Gasteiger partial charge in [-0.15, -0.1) is 0 Å². The second kappa shape index (κ2) is 7.55. The molecule has 0 radical (unpaired) electrons. The van der Waals surface area contributed by atoms with Crippen molar-refractivity contribution in [1.29, 1.82) is 0 Å². The maximum atomic E-state index is 14.2. The number of anilines is 1. The Bertz CT molecular complexity index is 1090. The van der Waals surface area contributed by atoms with Gasteiger partial charge >= 0.3 is 0 Å². The summed E-state index contributed by atoms with van der Waals surface area (Å²) in [6, 6.07) is 16.0. The van der Waals surface area contributed by atoms with Crippen molar-refractivity contribution in [2.75, 3.05) is 11.8 Å². The van der Waals surface area contributed by atoms with Crippen molar-refractivity contribution in [2.45, 2.75) is 4.90 Å². The SMILES string of the molecule is COc1ccc(Br)cc1S(=O)(=O)Nc1cc(-c2cc#ccc2)c(F)cc1F. The number of benzene rings is 2. The summed E-state index contributed by atoms with van der Waals surface area (Å²) in [6.07, 6.45) is 0. The van der Waals surface area contributed by atoms with Crippen LogP contribution >= 0.6 is 15.9 Å². The lowest BCUT2D eigenvalue weighted by Crippen LogP contribution is -2.15. The Hall–Kier alpha value is -2.63. The first-order valence-electron chi connectivity index (χ1n) is 7.55. The van der Waals surface area contributed by atoms with Crippen LogP contribution in [0.1, 0.15) is 0 Å². The number of sulfonamides is 1. The summed E-state index contributed by atoms with van der Waals surface area (Å²) in [5, 5.41) is 0. The zero-order valence-electron chi connectivity index (χ0n) is 13.9. The molecule has 0 aliphatic heterocycles. The normalized spacial score (nSPS) is 11.0. The van der Waals surface area contributed by atoms with Gasteiger partial charge in [0.1, 0.15) is 22.3 Å². The molecule has 3 aromatic carbocycles. The first kappa shape index (κ1) is 19.1.